The van der Waals surface area contributed by atoms with Gasteiger partial charge in [-0.25, -0.2) is 0 Å². The van der Waals surface area contributed by atoms with E-state index in [1.165, 1.54) is 24.0 Å². The molecule has 0 saturated carbocycles. The van der Waals surface area contributed by atoms with Gasteiger partial charge < -0.3 is 15.4 Å². The summed E-state index contributed by atoms with van der Waals surface area (Å²) in [4.78, 5) is 0. The van der Waals surface area contributed by atoms with Gasteiger partial charge in [-0.2, -0.15) is 0 Å². The second-order valence-electron chi connectivity index (χ2n) is 6.36. The Bertz CT molecular complexity index is 627. The second-order valence-corrected chi connectivity index (χ2v) is 7.22. The largest absolute Gasteiger partial charge is 0.488 e. The van der Waals surface area contributed by atoms with Crippen LogP contribution in [-0.2, 0) is 13.2 Å². The van der Waals surface area contributed by atoms with Crippen LogP contribution in [0.25, 0.3) is 0 Å². The molecule has 0 radical (unpaired) electrons. The van der Waals surface area contributed by atoms with Crippen molar-refractivity contribution in [2.24, 2.45) is 5.92 Å². The lowest BCUT2D eigenvalue weighted by molar-refractivity contribution is 0.304. The first-order valence-electron chi connectivity index (χ1n) is 8.68. The maximum absolute atomic E-state index is 5.90. The summed E-state index contributed by atoms with van der Waals surface area (Å²) in [5.41, 5.74) is 2.46. The molecular formula is C20H25BrN2O. The molecule has 0 aliphatic carbocycles. The van der Waals surface area contributed by atoms with Crippen molar-refractivity contribution < 1.29 is 4.74 Å². The van der Waals surface area contributed by atoms with E-state index in [4.69, 9.17) is 4.74 Å². The number of hydrogen-bond donors (Lipinski definition) is 2. The van der Waals surface area contributed by atoms with Crippen LogP contribution in [0.2, 0.25) is 0 Å². The SMILES string of the molecule is Brc1cc(CNCC2CCNCC2)ccc1OCc1ccccc1. The number of rotatable bonds is 7. The lowest BCUT2D eigenvalue weighted by Crippen LogP contribution is -2.33. The van der Waals surface area contributed by atoms with Crippen LogP contribution in [0.5, 0.6) is 5.75 Å². The maximum atomic E-state index is 5.90. The predicted octanol–water partition coefficient (Wildman–Crippen LogP) is 4.12. The first-order chi connectivity index (χ1) is 11.8. The number of halogens is 1. The van der Waals surface area contributed by atoms with E-state index in [1.54, 1.807) is 0 Å². The van der Waals surface area contributed by atoms with Gasteiger partial charge in [-0.05, 0) is 77.6 Å². The molecule has 0 amide bonds. The van der Waals surface area contributed by atoms with Gasteiger partial charge in [0.15, 0.2) is 0 Å². The molecule has 2 aromatic rings. The first kappa shape index (κ1) is 17.5. The van der Waals surface area contributed by atoms with Crippen molar-refractivity contribution in [1.82, 2.24) is 10.6 Å². The second kappa shape index (κ2) is 9.21. The Morgan fingerprint density at radius 3 is 2.58 bits per heavy atom. The molecule has 1 heterocycles. The van der Waals surface area contributed by atoms with Crippen LogP contribution in [-0.4, -0.2) is 19.6 Å². The molecule has 1 aliphatic rings. The van der Waals surface area contributed by atoms with E-state index < -0.39 is 0 Å². The average Bonchev–Trinajstić information content (AvgIpc) is 2.63. The summed E-state index contributed by atoms with van der Waals surface area (Å²) < 4.78 is 6.92. The first-order valence-corrected chi connectivity index (χ1v) is 9.47. The maximum Gasteiger partial charge on any atom is 0.134 e. The summed E-state index contributed by atoms with van der Waals surface area (Å²) in [5, 5.41) is 7.00. The minimum Gasteiger partial charge on any atom is -0.488 e. The summed E-state index contributed by atoms with van der Waals surface area (Å²) in [7, 11) is 0. The fourth-order valence-electron chi connectivity index (χ4n) is 3.01. The normalized spacial score (nSPS) is 15.4. The summed E-state index contributed by atoms with van der Waals surface area (Å²) >= 11 is 3.63. The van der Waals surface area contributed by atoms with Crippen molar-refractivity contribution >= 4 is 15.9 Å². The highest BCUT2D eigenvalue weighted by Gasteiger charge is 2.12. The van der Waals surface area contributed by atoms with Crippen LogP contribution in [0.1, 0.15) is 24.0 Å². The van der Waals surface area contributed by atoms with Gasteiger partial charge in [0.25, 0.3) is 0 Å². The molecule has 3 rings (SSSR count). The molecule has 24 heavy (non-hydrogen) atoms. The number of piperidine rings is 1. The molecule has 4 heteroatoms. The predicted molar refractivity (Wildman–Crippen MR) is 102 cm³/mol. The van der Waals surface area contributed by atoms with Crippen molar-refractivity contribution in [3.63, 3.8) is 0 Å². The molecule has 1 aliphatic heterocycles. The molecule has 128 valence electrons. The van der Waals surface area contributed by atoms with Crippen molar-refractivity contribution in [2.45, 2.75) is 26.0 Å². The third kappa shape index (κ3) is 5.33. The number of ether oxygens (including phenoxy) is 1. The summed E-state index contributed by atoms with van der Waals surface area (Å²) in [6.07, 6.45) is 2.56. The Kier molecular flexibility index (Phi) is 6.70. The van der Waals surface area contributed by atoms with Crippen molar-refractivity contribution in [2.75, 3.05) is 19.6 Å². The summed E-state index contributed by atoms with van der Waals surface area (Å²) in [6, 6.07) is 16.6. The zero-order valence-electron chi connectivity index (χ0n) is 13.9. The van der Waals surface area contributed by atoms with Gasteiger partial charge in [-0.3, -0.25) is 0 Å². The van der Waals surface area contributed by atoms with Gasteiger partial charge in [0.2, 0.25) is 0 Å². The zero-order valence-corrected chi connectivity index (χ0v) is 15.5. The van der Waals surface area contributed by atoms with Gasteiger partial charge in [-0.1, -0.05) is 36.4 Å². The zero-order chi connectivity index (χ0) is 16.6. The highest BCUT2D eigenvalue weighted by molar-refractivity contribution is 9.10. The number of hydrogen-bond acceptors (Lipinski definition) is 3. The van der Waals surface area contributed by atoms with Gasteiger partial charge in [0.1, 0.15) is 12.4 Å². The Hall–Kier alpha value is -1.36. The molecule has 0 unspecified atom stereocenters. The lowest BCUT2D eigenvalue weighted by Gasteiger charge is -2.22. The number of benzene rings is 2. The van der Waals surface area contributed by atoms with E-state index in [9.17, 15) is 0 Å². The fraction of sp³-hybridized carbons (Fsp3) is 0.400. The topological polar surface area (TPSA) is 33.3 Å². The Morgan fingerprint density at radius 1 is 1.04 bits per heavy atom. The van der Waals surface area contributed by atoms with Crippen LogP contribution in [0.3, 0.4) is 0 Å². The highest BCUT2D eigenvalue weighted by atomic mass is 79.9. The molecular weight excluding hydrogens is 364 g/mol. The van der Waals surface area contributed by atoms with Gasteiger partial charge in [0.05, 0.1) is 4.47 Å². The van der Waals surface area contributed by atoms with Crippen molar-refractivity contribution in [3.05, 3.63) is 64.1 Å². The fourth-order valence-corrected chi connectivity index (χ4v) is 3.55. The molecule has 2 N–H and O–H groups in total. The monoisotopic (exact) mass is 388 g/mol. The Labute approximate surface area is 152 Å². The molecule has 3 nitrogen and oxygen atoms in total. The van der Waals surface area contributed by atoms with Gasteiger partial charge in [0, 0.05) is 6.54 Å². The molecule has 0 spiro atoms. The minimum atomic E-state index is 0.590. The lowest BCUT2D eigenvalue weighted by atomic mass is 9.98. The Balaban J connectivity index is 1.47. The molecule has 2 aromatic carbocycles. The third-order valence-electron chi connectivity index (χ3n) is 4.45. The molecule has 0 aromatic heterocycles. The van der Waals surface area contributed by atoms with E-state index in [0.717, 1.165) is 42.3 Å². The average molecular weight is 389 g/mol. The minimum absolute atomic E-state index is 0.590. The van der Waals surface area contributed by atoms with Gasteiger partial charge in [-0.15, -0.1) is 0 Å². The molecule has 1 fully saturated rings. The molecule has 0 bridgehead atoms. The van der Waals surface area contributed by atoms with E-state index in [-0.39, 0.29) is 0 Å². The van der Waals surface area contributed by atoms with E-state index >= 15 is 0 Å². The summed E-state index contributed by atoms with van der Waals surface area (Å²) in [6.45, 7) is 4.91. The summed E-state index contributed by atoms with van der Waals surface area (Å²) in [5.74, 6) is 1.70. The van der Waals surface area contributed by atoms with E-state index in [2.05, 4.69) is 56.9 Å². The highest BCUT2D eigenvalue weighted by Crippen LogP contribution is 2.27. The van der Waals surface area contributed by atoms with Crippen molar-refractivity contribution in [3.8, 4) is 5.75 Å². The third-order valence-corrected chi connectivity index (χ3v) is 5.07. The smallest absolute Gasteiger partial charge is 0.134 e. The quantitative estimate of drug-likeness (QED) is 0.748. The molecule has 0 atom stereocenters. The van der Waals surface area contributed by atoms with E-state index in [1.807, 2.05) is 18.2 Å². The van der Waals surface area contributed by atoms with Gasteiger partial charge >= 0.3 is 0 Å². The standard InChI is InChI=1S/C20H25BrN2O/c21-19-12-18(14-23-13-16-8-10-22-11-9-16)6-7-20(19)24-15-17-4-2-1-3-5-17/h1-7,12,16,22-23H,8-11,13-15H2. The number of nitrogens with one attached hydrogen (secondary N) is 2. The van der Waals surface area contributed by atoms with E-state index in [0.29, 0.717) is 6.61 Å². The van der Waals surface area contributed by atoms with Crippen LogP contribution in [0, 0.1) is 5.92 Å². The molecule has 1 saturated heterocycles. The van der Waals surface area contributed by atoms with Crippen molar-refractivity contribution in [1.29, 1.82) is 0 Å². The van der Waals surface area contributed by atoms with Crippen LogP contribution < -0.4 is 15.4 Å². The van der Waals surface area contributed by atoms with Crippen LogP contribution >= 0.6 is 15.9 Å². The van der Waals surface area contributed by atoms with Crippen LogP contribution in [0.15, 0.2) is 53.0 Å². The Morgan fingerprint density at radius 2 is 1.83 bits per heavy atom. The van der Waals surface area contributed by atoms with Crippen LogP contribution in [0.4, 0.5) is 0 Å².